The zero-order valence-electron chi connectivity index (χ0n) is 9.44. The maximum atomic E-state index is 9.68. The Kier molecular flexibility index (Phi) is 4.55. The maximum Gasteiger partial charge on any atom is 0.0621 e. The Balaban J connectivity index is 2.79. The van der Waals surface area contributed by atoms with Gasteiger partial charge in [-0.1, -0.05) is 25.4 Å². The average molecular weight is 228 g/mol. The summed E-state index contributed by atoms with van der Waals surface area (Å²) in [6.07, 6.45) is 3.88. The average Bonchev–Trinajstić information content (AvgIpc) is 2.15. The van der Waals surface area contributed by atoms with E-state index in [9.17, 15) is 5.11 Å². The van der Waals surface area contributed by atoms with Gasteiger partial charge in [0.2, 0.25) is 0 Å². The number of aliphatic hydroxyl groups is 1. The number of nitrogens with zero attached hydrogens (tertiary/aromatic N) is 1. The number of rotatable bonds is 4. The van der Waals surface area contributed by atoms with Crippen molar-refractivity contribution in [3.8, 4) is 0 Å². The molecule has 0 aliphatic heterocycles. The molecule has 84 valence electrons. The molecule has 1 heterocycles. The molecule has 15 heavy (non-hydrogen) atoms. The van der Waals surface area contributed by atoms with Crippen molar-refractivity contribution in [1.82, 2.24) is 4.98 Å². The third-order valence-corrected chi connectivity index (χ3v) is 3.13. The molecule has 1 aromatic heterocycles. The highest BCUT2D eigenvalue weighted by molar-refractivity contribution is 6.31. The van der Waals surface area contributed by atoms with Gasteiger partial charge in [0.1, 0.15) is 0 Å². The van der Waals surface area contributed by atoms with Crippen LogP contribution >= 0.6 is 11.6 Å². The Bertz CT molecular complexity index is 304. The predicted octanol–water partition coefficient (Wildman–Crippen LogP) is 2.93. The molecule has 1 rings (SSSR count). The molecule has 0 saturated carbocycles. The van der Waals surface area contributed by atoms with Gasteiger partial charge in [0, 0.05) is 12.4 Å². The van der Waals surface area contributed by atoms with E-state index < -0.39 is 0 Å². The van der Waals surface area contributed by atoms with Crippen molar-refractivity contribution in [3.05, 3.63) is 29.0 Å². The van der Waals surface area contributed by atoms with Crippen LogP contribution in [0.3, 0.4) is 0 Å². The SMILES string of the molecule is CC(C)C(Cc1ccncc1Cl)C(C)O. The van der Waals surface area contributed by atoms with E-state index in [-0.39, 0.29) is 12.0 Å². The van der Waals surface area contributed by atoms with Gasteiger partial charge in [-0.2, -0.15) is 0 Å². The summed E-state index contributed by atoms with van der Waals surface area (Å²) in [4.78, 5) is 3.95. The molecule has 1 N–H and O–H groups in total. The van der Waals surface area contributed by atoms with Crippen LogP contribution in [0.4, 0.5) is 0 Å². The van der Waals surface area contributed by atoms with E-state index in [1.54, 1.807) is 12.4 Å². The lowest BCUT2D eigenvalue weighted by atomic mass is 9.85. The van der Waals surface area contributed by atoms with Crippen LogP contribution in [-0.4, -0.2) is 16.2 Å². The van der Waals surface area contributed by atoms with Crippen LogP contribution in [0.25, 0.3) is 0 Å². The first-order chi connectivity index (χ1) is 7.02. The van der Waals surface area contributed by atoms with Crippen molar-refractivity contribution in [3.63, 3.8) is 0 Å². The highest BCUT2D eigenvalue weighted by Crippen LogP contribution is 2.24. The number of hydrogen-bond donors (Lipinski definition) is 1. The van der Waals surface area contributed by atoms with Crippen LogP contribution in [-0.2, 0) is 6.42 Å². The molecular weight excluding hydrogens is 210 g/mol. The maximum absolute atomic E-state index is 9.68. The Morgan fingerprint density at radius 3 is 2.53 bits per heavy atom. The van der Waals surface area contributed by atoms with Gasteiger partial charge in [-0.05, 0) is 36.8 Å². The lowest BCUT2D eigenvalue weighted by molar-refractivity contribution is 0.0977. The molecule has 0 saturated heterocycles. The number of pyridine rings is 1. The van der Waals surface area contributed by atoms with Gasteiger partial charge in [-0.3, -0.25) is 4.98 Å². The zero-order chi connectivity index (χ0) is 11.4. The minimum atomic E-state index is -0.311. The summed E-state index contributed by atoms with van der Waals surface area (Å²) in [7, 11) is 0. The van der Waals surface area contributed by atoms with Gasteiger partial charge in [0.15, 0.2) is 0 Å². The van der Waals surface area contributed by atoms with Gasteiger partial charge in [-0.15, -0.1) is 0 Å². The van der Waals surface area contributed by atoms with Crippen molar-refractivity contribution >= 4 is 11.6 Å². The molecule has 2 unspecified atom stereocenters. The lowest BCUT2D eigenvalue weighted by Crippen LogP contribution is -2.24. The van der Waals surface area contributed by atoms with E-state index in [1.165, 1.54) is 0 Å². The third kappa shape index (κ3) is 3.47. The van der Waals surface area contributed by atoms with E-state index in [0.717, 1.165) is 12.0 Å². The molecule has 0 aliphatic carbocycles. The molecule has 2 atom stereocenters. The molecule has 2 nitrogen and oxygen atoms in total. The second kappa shape index (κ2) is 5.47. The molecular formula is C12H18ClNO. The molecule has 1 aromatic rings. The van der Waals surface area contributed by atoms with E-state index in [2.05, 4.69) is 18.8 Å². The molecule has 0 radical (unpaired) electrons. The Labute approximate surface area is 96.3 Å². The van der Waals surface area contributed by atoms with Crippen LogP contribution in [0, 0.1) is 11.8 Å². The Morgan fingerprint density at radius 1 is 1.40 bits per heavy atom. The molecule has 0 fully saturated rings. The monoisotopic (exact) mass is 227 g/mol. The van der Waals surface area contributed by atoms with E-state index in [1.807, 2.05) is 13.0 Å². The summed E-state index contributed by atoms with van der Waals surface area (Å²) >= 11 is 6.03. The van der Waals surface area contributed by atoms with Crippen molar-refractivity contribution in [1.29, 1.82) is 0 Å². The minimum Gasteiger partial charge on any atom is -0.393 e. The third-order valence-electron chi connectivity index (χ3n) is 2.79. The quantitative estimate of drug-likeness (QED) is 0.858. The Morgan fingerprint density at radius 2 is 2.07 bits per heavy atom. The van der Waals surface area contributed by atoms with Gasteiger partial charge in [-0.25, -0.2) is 0 Å². The topological polar surface area (TPSA) is 33.1 Å². The van der Waals surface area contributed by atoms with Crippen molar-refractivity contribution in [2.75, 3.05) is 0 Å². The van der Waals surface area contributed by atoms with Crippen LogP contribution < -0.4 is 0 Å². The molecule has 0 amide bonds. The molecule has 0 bridgehead atoms. The first-order valence-electron chi connectivity index (χ1n) is 5.28. The van der Waals surface area contributed by atoms with E-state index >= 15 is 0 Å². The van der Waals surface area contributed by atoms with E-state index in [4.69, 9.17) is 11.6 Å². The minimum absolute atomic E-state index is 0.241. The van der Waals surface area contributed by atoms with E-state index in [0.29, 0.717) is 10.9 Å². The zero-order valence-corrected chi connectivity index (χ0v) is 10.2. The highest BCUT2D eigenvalue weighted by atomic mass is 35.5. The first kappa shape index (κ1) is 12.5. The van der Waals surface area contributed by atoms with Crippen molar-refractivity contribution in [2.45, 2.75) is 33.3 Å². The summed E-state index contributed by atoms with van der Waals surface area (Å²) < 4.78 is 0. The van der Waals surface area contributed by atoms with Crippen LogP contribution in [0.2, 0.25) is 5.02 Å². The van der Waals surface area contributed by atoms with Crippen LogP contribution in [0.15, 0.2) is 18.5 Å². The summed E-state index contributed by atoms with van der Waals surface area (Å²) in [5.41, 5.74) is 1.06. The summed E-state index contributed by atoms with van der Waals surface area (Å²) in [5, 5.41) is 10.4. The second-order valence-corrected chi connectivity index (χ2v) is 4.73. The lowest BCUT2D eigenvalue weighted by Gasteiger charge is -2.24. The summed E-state index contributed by atoms with van der Waals surface area (Å²) in [6.45, 7) is 6.07. The van der Waals surface area contributed by atoms with Crippen molar-refractivity contribution in [2.24, 2.45) is 11.8 Å². The number of aromatic nitrogens is 1. The van der Waals surface area contributed by atoms with Gasteiger partial charge >= 0.3 is 0 Å². The first-order valence-corrected chi connectivity index (χ1v) is 5.66. The molecule has 0 aliphatic rings. The fourth-order valence-electron chi connectivity index (χ4n) is 1.79. The number of aliphatic hydroxyl groups excluding tert-OH is 1. The molecule has 0 aromatic carbocycles. The van der Waals surface area contributed by atoms with Crippen molar-refractivity contribution < 1.29 is 5.11 Å². The smallest absolute Gasteiger partial charge is 0.0621 e. The largest absolute Gasteiger partial charge is 0.393 e. The number of hydrogen-bond acceptors (Lipinski definition) is 2. The van der Waals surface area contributed by atoms with Gasteiger partial charge in [0.05, 0.1) is 11.1 Å². The fraction of sp³-hybridized carbons (Fsp3) is 0.583. The highest BCUT2D eigenvalue weighted by Gasteiger charge is 2.20. The normalized spacial score (nSPS) is 15.3. The van der Waals surface area contributed by atoms with Crippen LogP contribution in [0.5, 0.6) is 0 Å². The predicted molar refractivity (Wildman–Crippen MR) is 63.0 cm³/mol. The second-order valence-electron chi connectivity index (χ2n) is 4.32. The Hall–Kier alpha value is -0.600. The fourth-order valence-corrected chi connectivity index (χ4v) is 1.98. The number of halogens is 1. The molecule has 3 heteroatoms. The summed E-state index contributed by atoms with van der Waals surface area (Å²) in [6, 6.07) is 1.92. The standard InChI is InChI=1S/C12H18ClNO/c1-8(2)11(9(3)15)6-10-4-5-14-7-12(10)13/h4-5,7-9,11,15H,6H2,1-3H3. The van der Waals surface area contributed by atoms with Gasteiger partial charge < -0.3 is 5.11 Å². The summed E-state index contributed by atoms with van der Waals surface area (Å²) in [5.74, 6) is 0.680. The molecule has 0 spiro atoms. The van der Waals surface area contributed by atoms with Gasteiger partial charge in [0.25, 0.3) is 0 Å². The van der Waals surface area contributed by atoms with Crippen LogP contribution in [0.1, 0.15) is 26.3 Å².